The molecule has 0 aromatic carbocycles. The van der Waals surface area contributed by atoms with Crippen molar-refractivity contribution in [3.8, 4) is 0 Å². The molecular weight excluding hydrogens is 198 g/mol. The minimum absolute atomic E-state index is 0.0235. The Labute approximate surface area is 86.5 Å². The zero-order chi connectivity index (χ0) is 10.8. The normalized spacial score (nSPS) is 15.5. The monoisotopic (exact) mass is 211 g/mol. The van der Waals surface area contributed by atoms with Crippen LogP contribution in [0.1, 0.15) is 29.0 Å². The van der Waals surface area contributed by atoms with Crippen LogP contribution < -0.4 is 0 Å². The molecule has 0 saturated heterocycles. The molecule has 15 heavy (non-hydrogen) atoms. The van der Waals surface area contributed by atoms with E-state index in [9.17, 15) is 4.79 Å². The number of aromatic carboxylic acids is 1. The molecule has 82 valence electrons. The van der Waals surface area contributed by atoms with Gasteiger partial charge in [0.1, 0.15) is 0 Å². The van der Waals surface area contributed by atoms with Gasteiger partial charge in [-0.05, 0) is 25.2 Å². The van der Waals surface area contributed by atoms with Gasteiger partial charge in [-0.15, -0.1) is 5.10 Å². The smallest absolute Gasteiger partial charge is 0.358 e. The molecule has 1 heterocycles. The van der Waals surface area contributed by atoms with Gasteiger partial charge in [0.25, 0.3) is 0 Å². The van der Waals surface area contributed by atoms with Crippen LogP contribution in [-0.4, -0.2) is 37.8 Å². The number of carboxylic acids is 1. The highest BCUT2D eigenvalue weighted by molar-refractivity contribution is 5.86. The molecule has 2 rings (SSSR count). The summed E-state index contributed by atoms with van der Waals surface area (Å²) in [5.41, 5.74) is 0.661. The number of carboxylic acid groups (broad SMARTS) is 1. The summed E-state index contributed by atoms with van der Waals surface area (Å²) in [4.78, 5) is 10.9. The van der Waals surface area contributed by atoms with Gasteiger partial charge in [-0.25, -0.2) is 9.48 Å². The molecular formula is C9H13N3O3. The number of hydrogen-bond donors (Lipinski definition) is 2. The van der Waals surface area contributed by atoms with E-state index < -0.39 is 5.97 Å². The second kappa shape index (κ2) is 3.98. The van der Waals surface area contributed by atoms with Gasteiger partial charge in [0.15, 0.2) is 5.69 Å². The van der Waals surface area contributed by atoms with E-state index in [1.807, 2.05) is 0 Å². The SMILES string of the molecule is O=C(O)c1nnn(CCO)c1CC1CC1. The third kappa shape index (κ3) is 2.15. The van der Waals surface area contributed by atoms with Crippen LogP contribution in [0.25, 0.3) is 0 Å². The lowest BCUT2D eigenvalue weighted by molar-refractivity contribution is 0.0689. The number of rotatable bonds is 5. The van der Waals surface area contributed by atoms with Crippen molar-refractivity contribution in [2.24, 2.45) is 5.92 Å². The molecule has 1 aromatic heterocycles. The van der Waals surface area contributed by atoms with Gasteiger partial charge in [-0.2, -0.15) is 0 Å². The van der Waals surface area contributed by atoms with E-state index in [0.717, 1.165) is 12.8 Å². The number of aromatic nitrogens is 3. The van der Waals surface area contributed by atoms with Gasteiger partial charge in [0.05, 0.1) is 18.8 Å². The van der Waals surface area contributed by atoms with E-state index in [2.05, 4.69) is 10.3 Å². The summed E-state index contributed by atoms with van der Waals surface area (Å²) in [5.74, 6) is -0.478. The van der Waals surface area contributed by atoms with E-state index in [4.69, 9.17) is 10.2 Å². The van der Waals surface area contributed by atoms with Gasteiger partial charge >= 0.3 is 5.97 Å². The van der Waals surface area contributed by atoms with E-state index in [1.54, 1.807) is 0 Å². The first-order chi connectivity index (χ1) is 7.22. The number of aliphatic hydroxyl groups is 1. The number of aliphatic hydroxyl groups excluding tert-OH is 1. The predicted octanol–water partition coefficient (Wildman–Crippen LogP) is -0.0789. The zero-order valence-corrected chi connectivity index (χ0v) is 8.26. The second-order valence-corrected chi connectivity index (χ2v) is 3.78. The Morgan fingerprint density at radius 1 is 1.53 bits per heavy atom. The molecule has 0 aliphatic heterocycles. The van der Waals surface area contributed by atoms with Crippen LogP contribution in [0.3, 0.4) is 0 Å². The van der Waals surface area contributed by atoms with Gasteiger partial charge in [0, 0.05) is 0 Å². The summed E-state index contributed by atoms with van der Waals surface area (Å²) in [6.07, 6.45) is 2.99. The van der Waals surface area contributed by atoms with Gasteiger partial charge in [-0.1, -0.05) is 5.21 Å². The molecule has 0 bridgehead atoms. The highest BCUT2D eigenvalue weighted by Crippen LogP contribution is 2.33. The first kappa shape index (κ1) is 10.1. The van der Waals surface area contributed by atoms with Crippen molar-refractivity contribution in [3.05, 3.63) is 11.4 Å². The fraction of sp³-hybridized carbons (Fsp3) is 0.667. The Hall–Kier alpha value is -1.43. The van der Waals surface area contributed by atoms with Crippen molar-refractivity contribution in [2.45, 2.75) is 25.8 Å². The van der Waals surface area contributed by atoms with E-state index in [1.165, 1.54) is 4.68 Å². The number of carbonyl (C=O) groups is 1. The summed E-state index contributed by atoms with van der Waals surface area (Å²) in [6, 6.07) is 0. The molecule has 6 nitrogen and oxygen atoms in total. The first-order valence-electron chi connectivity index (χ1n) is 4.99. The van der Waals surface area contributed by atoms with Crippen molar-refractivity contribution in [1.82, 2.24) is 15.0 Å². The van der Waals surface area contributed by atoms with Gasteiger partial charge in [0.2, 0.25) is 0 Å². The maximum Gasteiger partial charge on any atom is 0.358 e. The van der Waals surface area contributed by atoms with Crippen LogP contribution in [0.2, 0.25) is 0 Å². The maximum atomic E-state index is 10.9. The lowest BCUT2D eigenvalue weighted by Crippen LogP contribution is -2.11. The number of hydrogen-bond acceptors (Lipinski definition) is 4. The molecule has 2 N–H and O–H groups in total. The molecule has 0 radical (unpaired) electrons. The summed E-state index contributed by atoms with van der Waals surface area (Å²) in [6.45, 7) is 0.252. The molecule has 0 unspecified atom stereocenters. The van der Waals surface area contributed by atoms with E-state index >= 15 is 0 Å². The average molecular weight is 211 g/mol. The van der Waals surface area contributed by atoms with Crippen LogP contribution in [0, 0.1) is 5.92 Å². The van der Waals surface area contributed by atoms with Crippen LogP contribution >= 0.6 is 0 Å². The first-order valence-corrected chi connectivity index (χ1v) is 4.99. The summed E-state index contributed by atoms with van der Waals surface area (Å²) < 4.78 is 1.49. The van der Waals surface area contributed by atoms with Crippen LogP contribution in [0.5, 0.6) is 0 Å². The Balaban J connectivity index is 2.25. The summed E-state index contributed by atoms with van der Waals surface area (Å²) in [7, 11) is 0. The fourth-order valence-corrected chi connectivity index (χ4v) is 1.57. The lowest BCUT2D eigenvalue weighted by Gasteiger charge is -2.03. The van der Waals surface area contributed by atoms with Crippen LogP contribution in [0.4, 0.5) is 0 Å². The minimum Gasteiger partial charge on any atom is -0.476 e. The Bertz CT molecular complexity index is 371. The van der Waals surface area contributed by atoms with Crippen molar-refractivity contribution < 1.29 is 15.0 Å². The summed E-state index contributed by atoms with van der Waals surface area (Å²) in [5, 5.41) is 25.1. The molecule has 0 atom stereocenters. The highest BCUT2D eigenvalue weighted by atomic mass is 16.4. The van der Waals surface area contributed by atoms with Crippen molar-refractivity contribution in [3.63, 3.8) is 0 Å². The standard InChI is InChI=1S/C9H13N3O3/c13-4-3-12-7(5-6-1-2-6)8(9(14)15)10-11-12/h6,13H,1-5H2,(H,14,15). The third-order valence-electron chi connectivity index (χ3n) is 2.53. The highest BCUT2D eigenvalue weighted by Gasteiger charge is 2.27. The van der Waals surface area contributed by atoms with E-state index in [0.29, 0.717) is 24.6 Å². The van der Waals surface area contributed by atoms with Crippen molar-refractivity contribution >= 4 is 5.97 Å². The minimum atomic E-state index is -1.05. The molecule has 1 aliphatic rings. The Morgan fingerprint density at radius 2 is 2.27 bits per heavy atom. The zero-order valence-electron chi connectivity index (χ0n) is 8.26. The second-order valence-electron chi connectivity index (χ2n) is 3.78. The Morgan fingerprint density at radius 3 is 2.80 bits per heavy atom. The van der Waals surface area contributed by atoms with Gasteiger partial charge < -0.3 is 10.2 Å². The fourth-order valence-electron chi connectivity index (χ4n) is 1.57. The topological polar surface area (TPSA) is 88.2 Å². The van der Waals surface area contributed by atoms with E-state index in [-0.39, 0.29) is 12.3 Å². The average Bonchev–Trinajstić information content (AvgIpc) is 2.90. The van der Waals surface area contributed by atoms with Gasteiger partial charge in [-0.3, -0.25) is 0 Å². The van der Waals surface area contributed by atoms with Crippen LogP contribution in [-0.2, 0) is 13.0 Å². The predicted molar refractivity (Wildman–Crippen MR) is 50.5 cm³/mol. The quantitative estimate of drug-likeness (QED) is 0.711. The molecule has 6 heteroatoms. The van der Waals surface area contributed by atoms with Crippen molar-refractivity contribution in [2.75, 3.05) is 6.61 Å². The molecule has 0 amide bonds. The third-order valence-corrected chi connectivity index (χ3v) is 2.53. The largest absolute Gasteiger partial charge is 0.476 e. The van der Waals surface area contributed by atoms with Crippen molar-refractivity contribution in [1.29, 1.82) is 0 Å². The molecule has 0 spiro atoms. The molecule has 1 aliphatic carbocycles. The molecule has 1 aromatic rings. The lowest BCUT2D eigenvalue weighted by atomic mass is 10.2. The molecule has 1 fully saturated rings. The molecule has 1 saturated carbocycles. The van der Waals surface area contributed by atoms with Crippen LogP contribution in [0.15, 0.2) is 0 Å². The summed E-state index contributed by atoms with van der Waals surface area (Å²) >= 11 is 0. The Kier molecular flexibility index (Phi) is 2.68. The maximum absolute atomic E-state index is 10.9. The number of nitrogens with zero attached hydrogens (tertiary/aromatic N) is 3.